The Balaban J connectivity index is 1.61. The second kappa shape index (κ2) is 9.64. The molecule has 1 aromatic heterocycles. The monoisotopic (exact) mass is 486 g/mol. The fraction of sp³-hybridized carbons (Fsp3) is 0.148. The van der Waals surface area contributed by atoms with Gasteiger partial charge in [-0.2, -0.15) is 4.98 Å². The summed E-state index contributed by atoms with van der Waals surface area (Å²) in [5, 5.41) is 7.93. The Hall–Kier alpha value is -4.10. The Kier molecular flexibility index (Phi) is 6.25. The second-order valence-electron chi connectivity index (χ2n) is 7.98. The lowest BCUT2D eigenvalue weighted by Crippen LogP contribution is -2.46. The Morgan fingerprint density at radius 3 is 2.43 bits per heavy atom. The molecule has 2 amide bonds. The summed E-state index contributed by atoms with van der Waals surface area (Å²) >= 11 is 6.02. The van der Waals surface area contributed by atoms with Crippen LogP contribution in [-0.4, -0.2) is 22.8 Å². The lowest BCUT2D eigenvalue weighted by Gasteiger charge is -2.35. The molecule has 0 bridgehead atoms. The molecule has 176 valence electrons. The zero-order valence-corrected chi connectivity index (χ0v) is 20.0. The maximum Gasteiger partial charge on any atom is 0.326 e. The predicted molar refractivity (Wildman–Crippen MR) is 135 cm³/mol. The fourth-order valence-corrected chi connectivity index (χ4v) is 4.26. The van der Waals surface area contributed by atoms with E-state index in [4.69, 9.17) is 20.9 Å². The average Bonchev–Trinajstić information content (AvgIpc) is 3.35. The Morgan fingerprint density at radius 1 is 1.03 bits per heavy atom. The summed E-state index contributed by atoms with van der Waals surface area (Å²) in [6, 6.07) is 23.6. The standard InChI is InChI=1S/C27H23ClN4O3/c1-3-34-22-15-11-18(12-16-22)24-23(17(2)32(27(33)29-24)21-7-5-4-6-8-21)26-30-25(31-35-26)19-9-13-20(28)14-10-19/h4-16,24H,3H2,1-2H3,(H,29,33). The highest BCUT2D eigenvalue weighted by molar-refractivity contribution is 6.30. The van der Waals surface area contributed by atoms with Crippen molar-refractivity contribution in [2.75, 3.05) is 11.5 Å². The minimum absolute atomic E-state index is 0.242. The molecule has 3 aromatic carbocycles. The van der Waals surface area contributed by atoms with Crippen LogP contribution >= 0.6 is 11.6 Å². The number of anilines is 1. The van der Waals surface area contributed by atoms with E-state index in [9.17, 15) is 4.79 Å². The van der Waals surface area contributed by atoms with Crippen molar-refractivity contribution in [1.29, 1.82) is 0 Å². The number of hydrogen-bond donors (Lipinski definition) is 1. The van der Waals surface area contributed by atoms with Crippen LogP contribution < -0.4 is 15.0 Å². The molecule has 1 aliphatic rings. The van der Waals surface area contributed by atoms with Crippen molar-refractivity contribution < 1.29 is 14.1 Å². The molecule has 0 spiro atoms. The van der Waals surface area contributed by atoms with Crippen LogP contribution in [0.2, 0.25) is 5.02 Å². The van der Waals surface area contributed by atoms with Gasteiger partial charge in [0.25, 0.3) is 5.89 Å². The molecule has 2 heterocycles. The van der Waals surface area contributed by atoms with Crippen molar-refractivity contribution in [3.63, 3.8) is 0 Å². The van der Waals surface area contributed by atoms with Gasteiger partial charge in [0.1, 0.15) is 5.75 Å². The first kappa shape index (κ1) is 22.7. The van der Waals surface area contributed by atoms with Gasteiger partial charge >= 0.3 is 6.03 Å². The highest BCUT2D eigenvalue weighted by Gasteiger charge is 2.36. The van der Waals surface area contributed by atoms with E-state index in [-0.39, 0.29) is 6.03 Å². The maximum atomic E-state index is 13.3. The first-order valence-corrected chi connectivity index (χ1v) is 11.6. The molecule has 0 radical (unpaired) electrons. The largest absolute Gasteiger partial charge is 0.494 e. The second-order valence-corrected chi connectivity index (χ2v) is 8.42. The number of allylic oxidation sites excluding steroid dienone is 1. The van der Waals surface area contributed by atoms with Gasteiger partial charge in [-0.05, 0) is 67.9 Å². The summed E-state index contributed by atoms with van der Waals surface area (Å²) in [5.74, 6) is 1.52. The number of urea groups is 1. The molecule has 0 aliphatic carbocycles. The number of benzene rings is 3. The van der Waals surface area contributed by atoms with Crippen molar-refractivity contribution in [2.45, 2.75) is 19.9 Å². The SMILES string of the molecule is CCOc1ccc(C2NC(=O)N(c3ccccc3)C(C)=C2c2nc(-c3ccc(Cl)cc3)no2)cc1. The van der Waals surface area contributed by atoms with E-state index in [1.807, 2.05) is 80.6 Å². The molecule has 1 aliphatic heterocycles. The van der Waals surface area contributed by atoms with E-state index in [0.29, 0.717) is 34.6 Å². The molecular weight excluding hydrogens is 464 g/mol. The van der Waals surface area contributed by atoms with Crippen molar-refractivity contribution in [3.05, 3.63) is 101 Å². The van der Waals surface area contributed by atoms with Crippen LogP contribution in [0.25, 0.3) is 17.0 Å². The van der Waals surface area contributed by atoms with Gasteiger partial charge in [-0.1, -0.05) is 47.1 Å². The third-order valence-electron chi connectivity index (χ3n) is 5.78. The Bertz CT molecular complexity index is 1370. The third kappa shape index (κ3) is 4.50. The lowest BCUT2D eigenvalue weighted by molar-refractivity contribution is 0.244. The minimum Gasteiger partial charge on any atom is -0.494 e. The van der Waals surface area contributed by atoms with Crippen LogP contribution in [0.3, 0.4) is 0 Å². The van der Waals surface area contributed by atoms with Crippen LogP contribution in [0, 0.1) is 0 Å². The molecule has 7 nitrogen and oxygen atoms in total. The zero-order valence-electron chi connectivity index (χ0n) is 19.2. The summed E-state index contributed by atoms with van der Waals surface area (Å²) in [6.45, 7) is 4.39. The smallest absolute Gasteiger partial charge is 0.326 e. The number of carbonyl (C=O) groups excluding carboxylic acids is 1. The van der Waals surface area contributed by atoms with Gasteiger partial charge in [0.2, 0.25) is 5.82 Å². The van der Waals surface area contributed by atoms with E-state index in [1.165, 1.54) is 0 Å². The van der Waals surface area contributed by atoms with Crippen molar-refractivity contribution in [2.24, 2.45) is 0 Å². The van der Waals surface area contributed by atoms with Gasteiger partial charge in [-0.15, -0.1) is 0 Å². The predicted octanol–water partition coefficient (Wildman–Crippen LogP) is 6.49. The molecule has 0 saturated heterocycles. The molecule has 1 N–H and O–H groups in total. The van der Waals surface area contributed by atoms with Crippen molar-refractivity contribution in [3.8, 4) is 17.1 Å². The topological polar surface area (TPSA) is 80.5 Å². The summed E-state index contributed by atoms with van der Waals surface area (Å²) in [5.41, 5.74) is 3.80. The van der Waals surface area contributed by atoms with Crippen LogP contribution in [0.4, 0.5) is 10.5 Å². The number of aromatic nitrogens is 2. The van der Waals surface area contributed by atoms with Gasteiger partial charge in [-0.3, -0.25) is 4.90 Å². The molecule has 5 rings (SSSR count). The van der Waals surface area contributed by atoms with Crippen molar-refractivity contribution in [1.82, 2.24) is 15.5 Å². The molecule has 35 heavy (non-hydrogen) atoms. The van der Waals surface area contributed by atoms with Gasteiger partial charge in [0.05, 0.1) is 23.9 Å². The Labute approximate surface area is 208 Å². The number of para-hydroxylation sites is 1. The van der Waals surface area contributed by atoms with E-state index in [2.05, 4.69) is 15.5 Å². The van der Waals surface area contributed by atoms with Crippen LogP contribution in [-0.2, 0) is 0 Å². The molecule has 4 aromatic rings. The highest BCUT2D eigenvalue weighted by atomic mass is 35.5. The van der Waals surface area contributed by atoms with Crippen LogP contribution in [0.15, 0.2) is 89.1 Å². The van der Waals surface area contributed by atoms with Crippen LogP contribution in [0.5, 0.6) is 5.75 Å². The quantitative estimate of drug-likeness (QED) is 0.337. The summed E-state index contributed by atoms with van der Waals surface area (Å²) in [6.07, 6.45) is 0. The molecule has 0 fully saturated rings. The number of ether oxygens (including phenoxy) is 1. The molecule has 0 saturated carbocycles. The van der Waals surface area contributed by atoms with E-state index >= 15 is 0 Å². The van der Waals surface area contributed by atoms with Crippen molar-refractivity contribution >= 4 is 28.9 Å². The van der Waals surface area contributed by atoms with Gasteiger partial charge in [0.15, 0.2) is 0 Å². The zero-order chi connectivity index (χ0) is 24.4. The highest BCUT2D eigenvalue weighted by Crippen LogP contribution is 2.39. The Morgan fingerprint density at radius 2 is 1.74 bits per heavy atom. The third-order valence-corrected chi connectivity index (χ3v) is 6.03. The first-order chi connectivity index (χ1) is 17.0. The van der Waals surface area contributed by atoms with E-state index in [0.717, 1.165) is 22.6 Å². The minimum atomic E-state index is -0.489. The van der Waals surface area contributed by atoms with E-state index < -0.39 is 6.04 Å². The number of nitrogens with one attached hydrogen (secondary N) is 1. The van der Waals surface area contributed by atoms with Crippen LogP contribution in [0.1, 0.15) is 31.3 Å². The molecule has 8 heteroatoms. The maximum absolute atomic E-state index is 13.3. The van der Waals surface area contributed by atoms with Gasteiger partial charge in [0, 0.05) is 16.3 Å². The first-order valence-electron chi connectivity index (χ1n) is 11.2. The summed E-state index contributed by atoms with van der Waals surface area (Å²) in [4.78, 5) is 19.6. The molecule has 1 unspecified atom stereocenters. The molecular formula is C27H23ClN4O3. The number of amides is 2. The average molecular weight is 487 g/mol. The number of hydrogen-bond acceptors (Lipinski definition) is 5. The number of nitrogens with zero attached hydrogens (tertiary/aromatic N) is 3. The van der Waals surface area contributed by atoms with E-state index in [1.54, 1.807) is 17.0 Å². The fourth-order valence-electron chi connectivity index (χ4n) is 4.13. The number of carbonyl (C=O) groups is 1. The van der Waals surface area contributed by atoms with Gasteiger partial charge in [-0.25, -0.2) is 4.79 Å². The number of halogens is 1. The number of rotatable bonds is 6. The van der Waals surface area contributed by atoms with Gasteiger partial charge < -0.3 is 14.6 Å². The summed E-state index contributed by atoms with van der Waals surface area (Å²) in [7, 11) is 0. The molecule has 1 atom stereocenters. The summed E-state index contributed by atoms with van der Waals surface area (Å²) < 4.78 is 11.3. The lowest BCUT2D eigenvalue weighted by atomic mass is 9.94. The normalized spacial score (nSPS) is 15.8.